The van der Waals surface area contributed by atoms with E-state index < -0.39 is 29.7 Å². The van der Waals surface area contributed by atoms with E-state index in [-0.39, 0.29) is 13.2 Å². The lowest BCUT2D eigenvalue weighted by Gasteiger charge is -2.14. The topological polar surface area (TPSA) is 89.9 Å². The molecule has 100 valence electrons. The molecule has 0 heterocycles. The Balaban J connectivity index is 2.30. The van der Waals surface area contributed by atoms with Gasteiger partial charge < -0.3 is 14.6 Å². The van der Waals surface area contributed by atoms with E-state index >= 15 is 0 Å². The minimum absolute atomic E-state index is 0.0545. The van der Waals surface area contributed by atoms with Crippen LogP contribution in [0.1, 0.15) is 19.3 Å². The van der Waals surface area contributed by atoms with E-state index in [0.717, 1.165) is 6.08 Å². The second-order valence-electron chi connectivity index (χ2n) is 4.02. The van der Waals surface area contributed by atoms with Gasteiger partial charge in [0.15, 0.2) is 0 Å². The first-order valence-corrected chi connectivity index (χ1v) is 5.75. The lowest BCUT2D eigenvalue weighted by atomic mass is 9.96. The first kappa shape index (κ1) is 14.2. The van der Waals surface area contributed by atoms with Gasteiger partial charge in [-0.1, -0.05) is 13.0 Å². The van der Waals surface area contributed by atoms with Crippen LogP contribution in [-0.2, 0) is 23.9 Å². The molecule has 1 aliphatic carbocycles. The minimum Gasteiger partial charge on any atom is -0.481 e. The summed E-state index contributed by atoms with van der Waals surface area (Å²) >= 11 is 0. The zero-order chi connectivity index (χ0) is 13.5. The van der Waals surface area contributed by atoms with Gasteiger partial charge in [0, 0.05) is 6.08 Å². The van der Waals surface area contributed by atoms with Gasteiger partial charge in [-0.05, 0) is 12.8 Å². The van der Waals surface area contributed by atoms with Crippen molar-refractivity contribution in [2.75, 3.05) is 13.2 Å². The van der Waals surface area contributed by atoms with E-state index in [1.54, 1.807) is 0 Å². The monoisotopic (exact) mass is 256 g/mol. The van der Waals surface area contributed by atoms with E-state index in [1.807, 2.05) is 0 Å². The molecule has 0 aromatic carbocycles. The summed E-state index contributed by atoms with van der Waals surface area (Å²) in [5, 5.41) is 8.92. The molecule has 18 heavy (non-hydrogen) atoms. The van der Waals surface area contributed by atoms with E-state index in [0.29, 0.717) is 19.3 Å². The highest BCUT2D eigenvalue weighted by atomic mass is 16.6. The molecule has 0 aliphatic heterocycles. The molecule has 0 aromatic heterocycles. The summed E-state index contributed by atoms with van der Waals surface area (Å²) in [6, 6.07) is 0. The number of aliphatic carboxylic acids is 1. The highest BCUT2D eigenvalue weighted by Gasteiger charge is 2.38. The first-order valence-electron chi connectivity index (χ1n) is 5.75. The number of carboxylic acids is 1. The Bertz CT molecular complexity index is 348. The summed E-state index contributed by atoms with van der Waals surface area (Å²) in [5.74, 6) is -3.33. The van der Waals surface area contributed by atoms with Crippen LogP contribution in [0.2, 0.25) is 0 Å². The van der Waals surface area contributed by atoms with Crippen LogP contribution >= 0.6 is 0 Å². The fraction of sp³-hybridized carbons (Fsp3) is 0.583. The van der Waals surface area contributed by atoms with Gasteiger partial charge in [0.2, 0.25) is 0 Å². The summed E-state index contributed by atoms with van der Waals surface area (Å²) in [7, 11) is 0. The highest BCUT2D eigenvalue weighted by Crippen LogP contribution is 2.32. The molecule has 1 saturated carbocycles. The number of rotatable bonds is 6. The van der Waals surface area contributed by atoms with Gasteiger partial charge in [-0.15, -0.1) is 0 Å². The molecule has 1 rings (SSSR count). The zero-order valence-corrected chi connectivity index (χ0v) is 9.96. The molecule has 1 fully saturated rings. The third-order valence-corrected chi connectivity index (χ3v) is 2.87. The highest BCUT2D eigenvalue weighted by molar-refractivity contribution is 5.82. The molecule has 0 aromatic rings. The molecule has 6 nitrogen and oxygen atoms in total. The van der Waals surface area contributed by atoms with Crippen molar-refractivity contribution in [2.45, 2.75) is 19.3 Å². The Labute approximate surface area is 105 Å². The third-order valence-electron chi connectivity index (χ3n) is 2.87. The van der Waals surface area contributed by atoms with E-state index in [4.69, 9.17) is 9.84 Å². The van der Waals surface area contributed by atoms with Crippen molar-refractivity contribution in [3.8, 4) is 0 Å². The van der Waals surface area contributed by atoms with Crippen LogP contribution in [-0.4, -0.2) is 36.2 Å². The molecule has 0 amide bonds. The van der Waals surface area contributed by atoms with Crippen molar-refractivity contribution in [1.82, 2.24) is 0 Å². The van der Waals surface area contributed by atoms with Gasteiger partial charge in [0.05, 0.1) is 11.8 Å². The summed E-state index contributed by atoms with van der Waals surface area (Å²) in [6.45, 7) is 3.10. The quantitative estimate of drug-likeness (QED) is 0.428. The van der Waals surface area contributed by atoms with Gasteiger partial charge in [-0.25, -0.2) is 4.79 Å². The summed E-state index contributed by atoms with van der Waals surface area (Å²) in [4.78, 5) is 33.2. The number of carbonyl (C=O) groups excluding carboxylic acids is 2. The smallest absolute Gasteiger partial charge is 0.330 e. The maximum atomic E-state index is 11.6. The fourth-order valence-electron chi connectivity index (χ4n) is 1.99. The standard InChI is InChI=1S/C12H16O6/c1-2-10(13)17-6-7-18-12(16)9-5-3-4-8(9)11(14)15/h2,8-9H,1,3-7H2,(H,14,15). The third kappa shape index (κ3) is 3.87. The van der Waals surface area contributed by atoms with Crippen molar-refractivity contribution < 1.29 is 29.0 Å². The second kappa shape index (κ2) is 6.78. The normalized spacial score (nSPS) is 22.2. The molecule has 2 unspecified atom stereocenters. The maximum Gasteiger partial charge on any atom is 0.330 e. The van der Waals surface area contributed by atoms with Gasteiger partial charge in [-0.2, -0.15) is 0 Å². The molecular formula is C12H16O6. The van der Waals surface area contributed by atoms with Crippen LogP contribution in [0.4, 0.5) is 0 Å². The zero-order valence-electron chi connectivity index (χ0n) is 9.96. The molecule has 0 spiro atoms. The predicted molar refractivity (Wildman–Crippen MR) is 60.6 cm³/mol. The molecule has 1 aliphatic rings. The van der Waals surface area contributed by atoms with Crippen molar-refractivity contribution in [3.05, 3.63) is 12.7 Å². The average molecular weight is 256 g/mol. The van der Waals surface area contributed by atoms with E-state index in [2.05, 4.69) is 11.3 Å². The number of hydrogen-bond acceptors (Lipinski definition) is 5. The SMILES string of the molecule is C=CC(=O)OCCOC(=O)C1CCCC1C(=O)O. The Kier molecular flexibility index (Phi) is 5.35. The van der Waals surface area contributed by atoms with Crippen molar-refractivity contribution >= 4 is 17.9 Å². The van der Waals surface area contributed by atoms with Crippen LogP contribution in [0.3, 0.4) is 0 Å². The largest absolute Gasteiger partial charge is 0.481 e. The van der Waals surface area contributed by atoms with Gasteiger partial charge in [0.1, 0.15) is 13.2 Å². The number of carboxylic acid groups (broad SMARTS) is 1. The molecule has 6 heteroatoms. The Hall–Kier alpha value is -1.85. The van der Waals surface area contributed by atoms with Gasteiger partial charge in [-0.3, -0.25) is 9.59 Å². The van der Waals surface area contributed by atoms with Crippen LogP contribution in [0.5, 0.6) is 0 Å². The maximum absolute atomic E-state index is 11.6. The Morgan fingerprint density at radius 2 is 1.78 bits per heavy atom. The Morgan fingerprint density at radius 1 is 1.17 bits per heavy atom. The summed E-state index contributed by atoms with van der Waals surface area (Å²) in [5.41, 5.74) is 0. The van der Waals surface area contributed by atoms with Gasteiger partial charge >= 0.3 is 17.9 Å². The lowest BCUT2D eigenvalue weighted by molar-refractivity contribution is -0.158. The first-order chi connectivity index (χ1) is 8.56. The number of hydrogen-bond donors (Lipinski definition) is 1. The van der Waals surface area contributed by atoms with Crippen LogP contribution in [0.15, 0.2) is 12.7 Å². The van der Waals surface area contributed by atoms with Crippen molar-refractivity contribution in [3.63, 3.8) is 0 Å². The second-order valence-corrected chi connectivity index (χ2v) is 4.02. The minimum atomic E-state index is -0.965. The summed E-state index contributed by atoms with van der Waals surface area (Å²) in [6.07, 6.45) is 2.75. The van der Waals surface area contributed by atoms with Crippen molar-refractivity contribution in [2.24, 2.45) is 11.8 Å². The molecular weight excluding hydrogens is 240 g/mol. The predicted octanol–water partition coefficient (Wildman–Crippen LogP) is 0.760. The number of carbonyl (C=O) groups is 3. The number of ether oxygens (including phenoxy) is 2. The van der Waals surface area contributed by atoms with Crippen molar-refractivity contribution in [1.29, 1.82) is 0 Å². The van der Waals surface area contributed by atoms with Gasteiger partial charge in [0.25, 0.3) is 0 Å². The van der Waals surface area contributed by atoms with Crippen LogP contribution < -0.4 is 0 Å². The lowest BCUT2D eigenvalue weighted by Crippen LogP contribution is -2.27. The summed E-state index contributed by atoms with van der Waals surface area (Å²) < 4.78 is 9.52. The number of esters is 2. The van der Waals surface area contributed by atoms with E-state index in [1.165, 1.54) is 0 Å². The fourth-order valence-corrected chi connectivity index (χ4v) is 1.99. The van der Waals surface area contributed by atoms with Crippen LogP contribution in [0, 0.1) is 11.8 Å². The average Bonchev–Trinajstić information content (AvgIpc) is 2.83. The molecule has 0 radical (unpaired) electrons. The molecule has 0 bridgehead atoms. The molecule has 2 atom stereocenters. The molecule has 0 saturated heterocycles. The Morgan fingerprint density at radius 3 is 2.39 bits per heavy atom. The van der Waals surface area contributed by atoms with Crippen LogP contribution in [0.25, 0.3) is 0 Å². The van der Waals surface area contributed by atoms with E-state index in [9.17, 15) is 14.4 Å². The molecule has 1 N–H and O–H groups in total.